The SMILES string of the molecule is N=C(N)NCCCC(N)C(=O)[O-].N=C(N)NCCCC(N)C(=O)[O-].[Ca+2]. The van der Waals surface area contributed by atoms with Crippen molar-refractivity contribution in [3.8, 4) is 0 Å². The number of rotatable bonds is 10. The van der Waals surface area contributed by atoms with Crippen LogP contribution in [0.5, 0.6) is 0 Å². The largest absolute Gasteiger partial charge is 2.00 e. The second-order valence-corrected chi connectivity index (χ2v) is 4.82. The van der Waals surface area contributed by atoms with Gasteiger partial charge >= 0.3 is 37.7 Å². The van der Waals surface area contributed by atoms with E-state index < -0.39 is 24.0 Å². The van der Waals surface area contributed by atoms with Crippen molar-refractivity contribution in [3.63, 3.8) is 0 Å². The standard InChI is InChI=1S/2C6H14N4O2.Ca/c2*7-4(5(11)12)2-1-3-10-6(8)9;/h2*4H,1-3,7H2,(H,11,12)(H4,8,9,10);/q;;+2/p-2. The Morgan fingerprint density at radius 1 is 0.840 bits per heavy atom. The molecule has 12 nitrogen and oxygen atoms in total. The van der Waals surface area contributed by atoms with Gasteiger partial charge in [-0.3, -0.25) is 10.8 Å². The van der Waals surface area contributed by atoms with E-state index in [0.717, 1.165) is 0 Å². The smallest absolute Gasteiger partial charge is 0.548 e. The number of carbonyl (C=O) groups is 2. The van der Waals surface area contributed by atoms with Crippen LogP contribution in [0.4, 0.5) is 0 Å². The van der Waals surface area contributed by atoms with Crippen molar-refractivity contribution < 1.29 is 19.8 Å². The summed E-state index contributed by atoms with van der Waals surface area (Å²) in [6, 6.07) is -1.86. The zero-order chi connectivity index (χ0) is 19.1. The van der Waals surface area contributed by atoms with Crippen molar-refractivity contribution in [2.24, 2.45) is 22.9 Å². The molecule has 0 aromatic carbocycles. The minimum Gasteiger partial charge on any atom is -0.548 e. The average Bonchev–Trinajstić information content (AvgIpc) is 2.47. The Bertz CT molecular complexity index is 386. The molecule has 0 spiro atoms. The van der Waals surface area contributed by atoms with E-state index in [9.17, 15) is 19.8 Å². The Hall–Kier alpha value is -1.34. The average molecular weight is 386 g/mol. The summed E-state index contributed by atoms with van der Waals surface area (Å²) in [4.78, 5) is 20.2. The van der Waals surface area contributed by atoms with Crippen molar-refractivity contribution >= 4 is 61.6 Å². The molecular formula is C12H26CaN8O4. The second-order valence-electron chi connectivity index (χ2n) is 4.82. The van der Waals surface area contributed by atoms with Crippen LogP contribution in [0.2, 0.25) is 0 Å². The summed E-state index contributed by atoms with van der Waals surface area (Å²) < 4.78 is 0. The zero-order valence-corrected chi connectivity index (χ0v) is 16.3. The molecule has 0 radical (unpaired) electrons. The first-order valence-corrected chi connectivity index (χ1v) is 7.16. The first-order valence-electron chi connectivity index (χ1n) is 7.16. The molecule has 0 rings (SSSR count). The normalized spacial score (nSPS) is 11.6. The van der Waals surface area contributed by atoms with Gasteiger partial charge in [-0.2, -0.15) is 0 Å². The van der Waals surface area contributed by atoms with Gasteiger partial charge in [0.05, 0.1) is 11.9 Å². The van der Waals surface area contributed by atoms with E-state index in [0.29, 0.717) is 38.8 Å². The summed E-state index contributed by atoms with van der Waals surface area (Å²) in [6.45, 7) is 0.909. The van der Waals surface area contributed by atoms with Crippen LogP contribution in [0.25, 0.3) is 0 Å². The van der Waals surface area contributed by atoms with Crippen molar-refractivity contribution in [2.75, 3.05) is 13.1 Å². The molecule has 140 valence electrons. The van der Waals surface area contributed by atoms with Gasteiger partial charge in [0.15, 0.2) is 11.9 Å². The third-order valence-electron chi connectivity index (χ3n) is 2.62. The summed E-state index contributed by atoms with van der Waals surface area (Å²) in [5, 5.41) is 38.8. The van der Waals surface area contributed by atoms with Gasteiger partial charge in [0.1, 0.15) is 0 Å². The third kappa shape index (κ3) is 22.7. The molecule has 0 saturated heterocycles. The van der Waals surface area contributed by atoms with Crippen LogP contribution in [0, 0.1) is 10.8 Å². The number of carboxylic acid groups (broad SMARTS) is 2. The number of carboxylic acids is 2. The minimum absolute atomic E-state index is 0. The van der Waals surface area contributed by atoms with Gasteiger partial charge in [-0.25, -0.2) is 0 Å². The fraction of sp³-hybridized carbons (Fsp3) is 0.667. The van der Waals surface area contributed by atoms with Crippen LogP contribution < -0.4 is 43.8 Å². The molecule has 2 unspecified atom stereocenters. The summed E-state index contributed by atoms with van der Waals surface area (Å²) in [7, 11) is 0. The van der Waals surface area contributed by atoms with Gasteiger partial charge in [0.2, 0.25) is 0 Å². The number of carbonyl (C=O) groups excluding carboxylic acids is 2. The molecule has 0 aliphatic heterocycles. The first kappa shape index (κ1) is 28.5. The molecule has 0 fully saturated rings. The first-order chi connectivity index (χ1) is 11.1. The maximum atomic E-state index is 10.1. The molecule has 0 saturated carbocycles. The molecule has 0 aromatic heterocycles. The molecule has 25 heavy (non-hydrogen) atoms. The van der Waals surface area contributed by atoms with Crippen LogP contribution in [0.3, 0.4) is 0 Å². The maximum absolute atomic E-state index is 10.1. The van der Waals surface area contributed by atoms with Gasteiger partial charge in [-0.1, -0.05) is 0 Å². The number of nitrogens with two attached hydrogens (primary N) is 4. The van der Waals surface area contributed by atoms with Gasteiger partial charge in [0, 0.05) is 25.2 Å². The molecule has 0 aromatic rings. The summed E-state index contributed by atoms with van der Waals surface area (Å²) in [5.74, 6) is -2.76. The van der Waals surface area contributed by atoms with Crippen molar-refractivity contribution in [2.45, 2.75) is 37.8 Å². The number of nitrogens with one attached hydrogen (secondary N) is 4. The second kappa shape index (κ2) is 17.5. The van der Waals surface area contributed by atoms with E-state index in [-0.39, 0.29) is 49.7 Å². The summed E-state index contributed by atoms with van der Waals surface area (Å²) >= 11 is 0. The fourth-order valence-electron chi connectivity index (χ4n) is 1.33. The monoisotopic (exact) mass is 386 g/mol. The molecular weight excluding hydrogens is 360 g/mol. The summed E-state index contributed by atoms with van der Waals surface area (Å²) in [5.41, 5.74) is 20.3. The van der Waals surface area contributed by atoms with Crippen LogP contribution in [0.1, 0.15) is 25.7 Å². The topological polar surface area (TPSA) is 256 Å². The molecule has 2 atom stereocenters. The zero-order valence-electron chi connectivity index (χ0n) is 14.0. The van der Waals surface area contributed by atoms with E-state index in [1.165, 1.54) is 0 Å². The number of guanidine groups is 2. The molecule has 0 amide bonds. The predicted octanol–water partition coefficient (Wildman–Crippen LogP) is -5.73. The van der Waals surface area contributed by atoms with Crippen LogP contribution in [-0.2, 0) is 9.59 Å². The van der Waals surface area contributed by atoms with E-state index in [4.69, 9.17) is 33.8 Å². The maximum Gasteiger partial charge on any atom is 2.00 e. The minimum atomic E-state index is -1.25. The van der Waals surface area contributed by atoms with Crippen molar-refractivity contribution in [3.05, 3.63) is 0 Å². The number of hydrogen-bond donors (Lipinski definition) is 8. The Labute approximate surface area is 176 Å². The van der Waals surface area contributed by atoms with Crippen molar-refractivity contribution in [1.82, 2.24) is 10.6 Å². The Balaban J connectivity index is -0.000000372. The molecule has 12 N–H and O–H groups in total. The Kier molecular flexibility index (Phi) is 19.9. The molecule has 0 aliphatic carbocycles. The molecule has 0 bridgehead atoms. The quantitative estimate of drug-likeness (QED) is 0.0763. The van der Waals surface area contributed by atoms with Crippen LogP contribution in [0.15, 0.2) is 0 Å². The van der Waals surface area contributed by atoms with Gasteiger partial charge in [-0.15, -0.1) is 0 Å². The number of hydrogen-bond acceptors (Lipinski definition) is 8. The molecule has 13 heteroatoms. The fourth-order valence-corrected chi connectivity index (χ4v) is 1.33. The van der Waals surface area contributed by atoms with E-state index >= 15 is 0 Å². The molecule has 0 aliphatic rings. The number of aliphatic carboxylic acids is 2. The van der Waals surface area contributed by atoms with Crippen molar-refractivity contribution in [1.29, 1.82) is 10.8 Å². The van der Waals surface area contributed by atoms with Gasteiger partial charge in [-0.05, 0) is 25.7 Å². The van der Waals surface area contributed by atoms with Crippen LogP contribution in [-0.4, -0.2) is 86.8 Å². The van der Waals surface area contributed by atoms with E-state index in [2.05, 4.69) is 10.6 Å². The van der Waals surface area contributed by atoms with E-state index in [1.54, 1.807) is 0 Å². The van der Waals surface area contributed by atoms with Gasteiger partial charge in [0.25, 0.3) is 0 Å². The third-order valence-corrected chi connectivity index (χ3v) is 2.62. The summed E-state index contributed by atoms with van der Waals surface area (Å²) in [6.07, 6.45) is 1.74. The Morgan fingerprint density at radius 2 is 1.12 bits per heavy atom. The predicted molar refractivity (Wildman–Crippen MR) is 90.0 cm³/mol. The Morgan fingerprint density at radius 3 is 1.32 bits per heavy atom. The molecule has 0 heterocycles. The van der Waals surface area contributed by atoms with Crippen LogP contribution >= 0.6 is 0 Å². The van der Waals surface area contributed by atoms with Gasteiger partial charge < -0.3 is 53.4 Å². The van der Waals surface area contributed by atoms with E-state index in [1.807, 2.05) is 0 Å².